The highest BCUT2D eigenvalue weighted by Gasteiger charge is 2.29. The van der Waals surface area contributed by atoms with Crippen LogP contribution in [0.15, 0.2) is 89.7 Å². The minimum atomic E-state index is -0.0107. The summed E-state index contributed by atoms with van der Waals surface area (Å²) in [6.45, 7) is 0.846. The molecular formula is C30H28Cl2N4O2. The average molecular weight is 547 g/mol. The molecule has 8 heteroatoms. The summed E-state index contributed by atoms with van der Waals surface area (Å²) in [5.41, 5.74) is 3.97. The van der Waals surface area contributed by atoms with Crippen LogP contribution in [0.3, 0.4) is 0 Å². The van der Waals surface area contributed by atoms with Gasteiger partial charge >= 0.3 is 0 Å². The van der Waals surface area contributed by atoms with Crippen molar-refractivity contribution in [2.75, 3.05) is 20.3 Å². The summed E-state index contributed by atoms with van der Waals surface area (Å²) in [5.74, 6) is 2.01. The number of aliphatic hydroxyl groups excluding tert-OH is 1. The number of allylic oxidation sites excluding steroid dienone is 1. The van der Waals surface area contributed by atoms with Crippen molar-refractivity contribution in [1.29, 1.82) is 5.41 Å². The van der Waals surface area contributed by atoms with Crippen molar-refractivity contribution in [3.8, 4) is 5.75 Å². The fourth-order valence-electron chi connectivity index (χ4n) is 4.80. The maximum Gasteiger partial charge on any atom is 0.142 e. The number of likely N-dealkylation sites (tertiary alicyclic amines) is 1. The molecule has 0 aliphatic carbocycles. The highest BCUT2D eigenvalue weighted by Crippen LogP contribution is 2.32. The van der Waals surface area contributed by atoms with Gasteiger partial charge in [-0.15, -0.1) is 0 Å². The first-order valence-corrected chi connectivity index (χ1v) is 13.2. The Balaban J connectivity index is 1.70. The summed E-state index contributed by atoms with van der Waals surface area (Å²) in [6, 6.07) is 22.4. The van der Waals surface area contributed by atoms with Gasteiger partial charge in [0, 0.05) is 28.2 Å². The van der Waals surface area contributed by atoms with E-state index < -0.39 is 0 Å². The molecule has 2 aliphatic rings. The lowest BCUT2D eigenvalue weighted by molar-refractivity contribution is 0.209. The predicted octanol–water partition coefficient (Wildman–Crippen LogP) is 6.24. The van der Waals surface area contributed by atoms with Gasteiger partial charge in [0.1, 0.15) is 17.4 Å². The second kappa shape index (κ2) is 11.4. The van der Waals surface area contributed by atoms with Crippen molar-refractivity contribution >= 4 is 46.0 Å². The number of benzene rings is 3. The summed E-state index contributed by atoms with van der Waals surface area (Å²) in [6.07, 6.45) is 3.87. The van der Waals surface area contributed by atoms with Crippen molar-refractivity contribution in [2.24, 2.45) is 4.99 Å². The molecule has 0 saturated carbocycles. The molecule has 38 heavy (non-hydrogen) atoms. The molecule has 1 atom stereocenters. The number of rotatable bonds is 6. The molecule has 3 aromatic carbocycles. The number of halogens is 2. The van der Waals surface area contributed by atoms with E-state index in [0.717, 1.165) is 47.8 Å². The summed E-state index contributed by atoms with van der Waals surface area (Å²) in [5, 5.41) is 23.9. The van der Waals surface area contributed by atoms with Crippen molar-refractivity contribution in [3.05, 3.63) is 111 Å². The molecule has 194 valence electrons. The summed E-state index contributed by atoms with van der Waals surface area (Å²) in [4.78, 5) is 7.17. The minimum Gasteiger partial charge on any atom is -0.497 e. The van der Waals surface area contributed by atoms with Gasteiger partial charge in [-0.05, 0) is 66.4 Å². The molecule has 0 amide bonds. The van der Waals surface area contributed by atoms with Crippen molar-refractivity contribution < 1.29 is 9.84 Å². The Hall–Kier alpha value is -3.58. The molecule has 0 radical (unpaired) electrons. The molecule has 0 spiro atoms. The van der Waals surface area contributed by atoms with Crippen molar-refractivity contribution in [2.45, 2.75) is 18.9 Å². The number of hydrogen-bond donors (Lipinski definition) is 3. The quantitative estimate of drug-likeness (QED) is 0.320. The van der Waals surface area contributed by atoms with Gasteiger partial charge in [0.15, 0.2) is 0 Å². The van der Waals surface area contributed by atoms with Crippen LogP contribution in [-0.4, -0.2) is 47.9 Å². The summed E-state index contributed by atoms with van der Waals surface area (Å²) in [7, 11) is 1.64. The van der Waals surface area contributed by atoms with Gasteiger partial charge < -0.3 is 20.1 Å². The smallest absolute Gasteiger partial charge is 0.142 e. The standard InChI is InChI=1S/C30H28Cl2N4O2/c1-38-23-14-10-19(11-15-23)26-17-27(36-16-4-5-22(36)18-37)35-30(34-26)28(20-8-12-21(31)13-9-20)29(33)24-6-2-3-7-25(24)32/h2-3,6-15,17,22,33-34,37H,4-5,16,18H2,1H3/b30-28+,33-29?. The first kappa shape index (κ1) is 26.0. The number of ether oxygens (including phenoxy) is 1. The molecular weight excluding hydrogens is 519 g/mol. The van der Waals surface area contributed by atoms with Crippen LogP contribution >= 0.6 is 23.2 Å². The predicted molar refractivity (Wildman–Crippen MR) is 155 cm³/mol. The van der Waals surface area contributed by atoms with Crippen LogP contribution in [0.2, 0.25) is 10.0 Å². The molecule has 3 N–H and O–H groups in total. The van der Waals surface area contributed by atoms with Crippen molar-refractivity contribution in [1.82, 2.24) is 10.2 Å². The SMILES string of the molecule is COc1ccc(C2=CC(N3CCCC3CO)=N/C(=C(/C(=N)c3ccccc3Cl)c3ccc(Cl)cc3)N2)cc1. The van der Waals surface area contributed by atoms with Crippen LogP contribution < -0.4 is 10.1 Å². The van der Waals surface area contributed by atoms with E-state index in [1.54, 1.807) is 25.3 Å². The third-order valence-corrected chi connectivity index (χ3v) is 7.38. The topological polar surface area (TPSA) is 80.9 Å². The normalized spacial score (nSPS) is 18.4. The first-order valence-electron chi connectivity index (χ1n) is 12.4. The van der Waals surface area contributed by atoms with Gasteiger partial charge in [0.2, 0.25) is 0 Å². The maximum absolute atomic E-state index is 10.0. The Morgan fingerprint density at radius 1 is 1.08 bits per heavy atom. The lowest BCUT2D eigenvalue weighted by Crippen LogP contribution is -2.39. The zero-order valence-electron chi connectivity index (χ0n) is 20.9. The average Bonchev–Trinajstić information content (AvgIpc) is 3.43. The van der Waals surface area contributed by atoms with E-state index in [4.69, 9.17) is 32.9 Å². The molecule has 3 aromatic rings. The van der Waals surface area contributed by atoms with E-state index in [0.29, 0.717) is 27.0 Å². The largest absolute Gasteiger partial charge is 0.497 e. The Kier molecular flexibility index (Phi) is 7.84. The fraction of sp³-hybridized carbons (Fsp3) is 0.200. The van der Waals surface area contributed by atoms with Gasteiger partial charge in [-0.3, -0.25) is 5.41 Å². The second-order valence-corrected chi connectivity index (χ2v) is 9.98. The molecule has 6 nitrogen and oxygen atoms in total. The van der Waals surface area contributed by atoms with Gasteiger partial charge in [-0.1, -0.05) is 53.5 Å². The van der Waals surface area contributed by atoms with Gasteiger partial charge in [-0.25, -0.2) is 4.99 Å². The number of amidine groups is 1. The van der Waals surface area contributed by atoms with E-state index in [9.17, 15) is 10.5 Å². The monoisotopic (exact) mass is 546 g/mol. The third kappa shape index (κ3) is 5.34. The van der Waals surface area contributed by atoms with Crippen LogP contribution in [0, 0.1) is 5.41 Å². The number of methoxy groups -OCH3 is 1. The molecule has 0 bridgehead atoms. The van der Waals surface area contributed by atoms with Crippen LogP contribution in [0.5, 0.6) is 5.75 Å². The molecule has 2 aliphatic heterocycles. The van der Waals surface area contributed by atoms with Gasteiger partial charge in [0.25, 0.3) is 0 Å². The van der Waals surface area contributed by atoms with Crippen LogP contribution in [0.1, 0.15) is 29.5 Å². The Bertz CT molecular complexity index is 1430. The Morgan fingerprint density at radius 3 is 2.50 bits per heavy atom. The number of aliphatic hydroxyl groups is 1. The first-order chi connectivity index (χ1) is 18.5. The van der Waals surface area contributed by atoms with E-state index in [1.165, 1.54) is 0 Å². The molecule has 1 fully saturated rings. The number of nitrogens with zero attached hydrogens (tertiary/aromatic N) is 2. The van der Waals surface area contributed by atoms with Crippen LogP contribution in [0.4, 0.5) is 0 Å². The van der Waals surface area contributed by atoms with E-state index in [1.807, 2.05) is 60.7 Å². The lowest BCUT2D eigenvalue weighted by Gasteiger charge is -2.30. The molecule has 1 saturated heterocycles. The zero-order chi connectivity index (χ0) is 26.6. The van der Waals surface area contributed by atoms with Crippen LogP contribution in [0.25, 0.3) is 11.3 Å². The fourth-order valence-corrected chi connectivity index (χ4v) is 5.16. The lowest BCUT2D eigenvalue weighted by atomic mass is 9.95. The number of nitrogens with one attached hydrogen (secondary N) is 2. The van der Waals surface area contributed by atoms with E-state index >= 15 is 0 Å². The highest BCUT2D eigenvalue weighted by atomic mass is 35.5. The number of hydrogen-bond acceptors (Lipinski definition) is 6. The third-order valence-electron chi connectivity index (χ3n) is 6.80. The van der Waals surface area contributed by atoms with E-state index in [-0.39, 0.29) is 18.4 Å². The molecule has 2 heterocycles. The number of aliphatic imine (C=N–C) groups is 1. The second-order valence-electron chi connectivity index (χ2n) is 9.14. The Labute approximate surface area is 232 Å². The van der Waals surface area contributed by atoms with Crippen molar-refractivity contribution in [3.63, 3.8) is 0 Å². The summed E-state index contributed by atoms with van der Waals surface area (Å²) < 4.78 is 5.35. The van der Waals surface area contributed by atoms with Gasteiger partial charge in [-0.2, -0.15) is 0 Å². The van der Waals surface area contributed by atoms with Gasteiger partial charge in [0.05, 0.1) is 36.7 Å². The molecule has 1 unspecified atom stereocenters. The van der Waals surface area contributed by atoms with E-state index in [2.05, 4.69) is 10.2 Å². The highest BCUT2D eigenvalue weighted by molar-refractivity contribution is 6.40. The molecule has 0 aromatic heterocycles. The molecule has 5 rings (SSSR count). The van der Waals surface area contributed by atoms with Crippen LogP contribution in [-0.2, 0) is 0 Å². The Morgan fingerprint density at radius 2 is 1.82 bits per heavy atom. The zero-order valence-corrected chi connectivity index (χ0v) is 22.4. The summed E-state index contributed by atoms with van der Waals surface area (Å²) >= 11 is 12.7. The maximum atomic E-state index is 10.0. The minimum absolute atomic E-state index is 0.0107.